The van der Waals surface area contributed by atoms with Crippen molar-refractivity contribution in [2.45, 2.75) is 19.0 Å². The third-order valence-corrected chi connectivity index (χ3v) is 2.83. The number of carboxylic acids is 1. The number of nitrogens with zero attached hydrogens (tertiary/aromatic N) is 2. The summed E-state index contributed by atoms with van der Waals surface area (Å²) in [4.78, 5) is 17.8. The standard InChI is InChI=1S/C11H11F3N2O3/c12-11(13,14)9-7(10(17)18)4-15-8(16-9)3-6-1-2-19-5-6/h4,6H,1-3,5H2,(H,17,18). The Labute approximate surface area is 106 Å². The molecular formula is C11H11F3N2O3. The lowest BCUT2D eigenvalue weighted by Crippen LogP contribution is -2.19. The number of alkyl halides is 3. The van der Waals surface area contributed by atoms with Crippen LogP contribution in [0.2, 0.25) is 0 Å². The van der Waals surface area contributed by atoms with Crippen LogP contribution in [0.4, 0.5) is 13.2 Å². The quantitative estimate of drug-likeness (QED) is 0.911. The summed E-state index contributed by atoms with van der Waals surface area (Å²) in [6.45, 7) is 1.04. The van der Waals surface area contributed by atoms with Crippen molar-refractivity contribution in [2.24, 2.45) is 5.92 Å². The third-order valence-electron chi connectivity index (χ3n) is 2.83. The minimum Gasteiger partial charge on any atom is -0.478 e. The zero-order valence-corrected chi connectivity index (χ0v) is 9.78. The smallest absolute Gasteiger partial charge is 0.434 e. The second-order valence-corrected chi connectivity index (χ2v) is 4.29. The predicted molar refractivity (Wildman–Crippen MR) is 56.6 cm³/mol. The molecule has 0 amide bonds. The summed E-state index contributed by atoms with van der Waals surface area (Å²) in [5.74, 6) is -1.62. The topological polar surface area (TPSA) is 72.3 Å². The maximum absolute atomic E-state index is 12.7. The molecule has 0 aromatic carbocycles. The van der Waals surface area contributed by atoms with E-state index in [1.165, 1.54) is 0 Å². The first-order valence-corrected chi connectivity index (χ1v) is 5.62. The Bertz CT molecular complexity index is 485. The van der Waals surface area contributed by atoms with Gasteiger partial charge in [0.1, 0.15) is 11.4 Å². The number of halogens is 3. The van der Waals surface area contributed by atoms with Crippen LogP contribution >= 0.6 is 0 Å². The Hall–Kier alpha value is -1.70. The van der Waals surface area contributed by atoms with E-state index in [9.17, 15) is 18.0 Å². The van der Waals surface area contributed by atoms with Crippen LogP contribution in [0, 0.1) is 5.92 Å². The number of carbonyl (C=O) groups is 1. The highest BCUT2D eigenvalue weighted by Crippen LogP contribution is 2.30. The Kier molecular flexibility index (Phi) is 3.70. The van der Waals surface area contributed by atoms with E-state index in [0.29, 0.717) is 19.4 Å². The average molecular weight is 276 g/mol. The maximum atomic E-state index is 12.7. The minimum absolute atomic E-state index is 0.00664. The summed E-state index contributed by atoms with van der Waals surface area (Å²) in [5, 5.41) is 8.70. The van der Waals surface area contributed by atoms with Gasteiger partial charge in [0.25, 0.3) is 0 Å². The maximum Gasteiger partial charge on any atom is 0.434 e. The Morgan fingerprint density at radius 1 is 1.53 bits per heavy atom. The number of aromatic nitrogens is 2. The summed E-state index contributed by atoms with van der Waals surface area (Å²) in [7, 11) is 0. The molecule has 5 nitrogen and oxygen atoms in total. The predicted octanol–water partition coefficient (Wildman–Crippen LogP) is 1.77. The zero-order chi connectivity index (χ0) is 14.0. The molecule has 1 aliphatic heterocycles. The first-order chi connectivity index (χ1) is 8.88. The van der Waals surface area contributed by atoms with E-state index >= 15 is 0 Å². The summed E-state index contributed by atoms with van der Waals surface area (Å²) in [5.41, 5.74) is -2.33. The number of carboxylic acid groups (broad SMARTS) is 1. The van der Waals surface area contributed by atoms with Crippen molar-refractivity contribution >= 4 is 5.97 Å². The van der Waals surface area contributed by atoms with Crippen molar-refractivity contribution in [1.29, 1.82) is 0 Å². The van der Waals surface area contributed by atoms with Crippen molar-refractivity contribution in [3.63, 3.8) is 0 Å². The lowest BCUT2D eigenvalue weighted by Gasteiger charge is -2.11. The fraction of sp³-hybridized carbons (Fsp3) is 0.545. The molecule has 1 unspecified atom stereocenters. The van der Waals surface area contributed by atoms with Crippen molar-refractivity contribution in [3.05, 3.63) is 23.3 Å². The van der Waals surface area contributed by atoms with Crippen LogP contribution in [0.1, 0.15) is 28.3 Å². The molecule has 1 N–H and O–H groups in total. The van der Waals surface area contributed by atoms with Gasteiger partial charge in [0.15, 0.2) is 5.69 Å². The molecule has 0 bridgehead atoms. The molecule has 0 radical (unpaired) electrons. The SMILES string of the molecule is O=C(O)c1cnc(CC2CCOC2)nc1C(F)(F)F. The second-order valence-electron chi connectivity index (χ2n) is 4.29. The van der Waals surface area contributed by atoms with Gasteiger partial charge in [-0.3, -0.25) is 0 Å². The highest BCUT2D eigenvalue weighted by molar-refractivity contribution is 5.88. The molecule has 0 aliphatic carbocycles. The van der Waals surface area contributed by atoms with Gasteiger partial charge in [0.2, 0.25) is 0 Å². The first-order valence-electron chi connectivity index (χ1n) is 5.62. The van der Waals surface area contributed by atoms with E-state index in [1.54, 1.807) is 0 Å². The van der Waals surface area contributed by atoms with Gasteiger partial charge in [-0.25, -0.2) is 14.8 Å². The normalized spacial score (nSPS) is 19.6. The number of aromatic carboxylic acids is 1. The van der Waals surface area contributed by atoms with E-state index in [-0.39, 0.29) is 18.2 Å². The van der Waals surface area contributed by atoms with Gasteiger partial charge in [-0.15, -0.1) is 0 Å². The lowest BCUT2D eigenvalue weighted by molar-refractivity contribution is -0.141. The lowest BCUT2D eigenvalue weighted by atomic mass is 10.0. The number of rotatable bonds is 3. The molecule has 1 saturated heterocycles. The summed E-state index contributed by atoms with van der Waals surface area (Å²) in [6, 6.07) is 0. The van der Waals surface area contributed by atoms with Crippen molar-refractivity contribution < 1.29 is 27.8 Å². The molecule has 0 spiro atoms. The van der Waals surface area contributed by atoms with Crippen molar-refractivity contribution in [2.75, 3.05) is 13.2 Å². The molecule has 2 heterocycles. The van der Waals surface area contributed by atoms with E-state index in [1.807, 2.05) is 0 Å². The molecule has 1 aromatic rings. The Morgan fingerprint density at radius 2 is 2.26 bits per heavy atom. The minimum atomic E-state index is -4.81. The van der Waals surface area contributed by atoms with Crippen LogP contribution in [-0.4, -0.2) is 34.3 Å². The monoisotopic (exact) mass is 276 g/mol. The molecule has 1 aliphatic rings. The van der Waals surface area contributed by atoms with E-state index in [0.717, 1.165) is 6.42 Å². The van der Waals surface area contributed by atoms with E-state index < -0.39 is 23.4 Å². The molecule has 1 aromatic heterocycles. The summed E-state index contributed by atoms with van der Waals surface area (Å²) >= 11 is 0. The van der Waals surface area contributed by atoms with Crippen molar-refractivity contribution in [1.82, 2.24) is 9.97 Å². The van der Waals surface area contributed by atoms with Gasteiger partial charge < -0.3 is 9.84 Å². The van der Waals surface area contributed by atoms with Crippen LogP contribution in [0.5, 0.6) is 0 Å². The number of hydrogen-bond donors (Lipinski definition) is 1. The van der Waals surface area contributed by atoms with E-state index in [2.05, 4.69) is 9.97 Å². The summed E-state index contributed by atoms with van der Waals surface area (Å²) < 4.78 is 43.3. The van der Waals surface area contributed by atoms with Crippen LogP contribution in [0.15, 0.2) is 6.20 Å². The number of ether oxygens (including phenoxy) is 1. The Morgan fingerprint density at radius 3 is 2.79 bits per heavy atom. The van der Waals surface area contributed by atoms with Crippen LogP contribution in [0.3, 0.4) is 0 Å². The van der Waals surface area contributed by atoms with Gasteiger partial charge in [0.05, 0.1) is 0 Å². The third kappa shape index (κ3) is 3.19. The van der Waals surface area contributed by atoms with Crippen LogP contribution in [0.25, 0.3) is 0 Å². The van der Waals surface area contributed by atoms with Crippen LogP contribution in [-0.2, 0) is 17.3 Å². The average Bonchev–Trinajstić information content (AvgIpc) is 2.80. The Balaban J connectivity index is 2.29. The van der Waals surface area contributed by atoms with Crippen molar-refractivity contribution in [3.8, 4) is 0 Å². The molecule has 0 saturated carbocycles. The van der Waals surface area contributed by atoms with Gasteiger partial charge in [-0.2, -0.15) is 13.2 Å². The largest absolute Gasteiger partial charge is 0.478 e. The highest BCUT2D eigenvalue weighted by atomic mass is 19.4. The van der Waals surface area contributed by atoms with Gasteiger partial charge in [-0.1, -0.05) is 0 Å². The second kappa shape index (κ2) is 5.12. The van der Waals surface area contributed by atoms with Gasteiger partial charge in [0, 0.05) is 25.8 Å². The summed E-state index contributed by atoms with van der Waals surface area (Å²) in [6.07, 6.45) is -3.10. The first kappa shape index (κ1) is 13.7. The zero-order valence-electron chi connectivity index (χ0n) is 9.78. The molecule has 1 atom stereocenters. The fourth-order valence-electron chi connectivity index (χ4n) is 1.89. The van der Waals surface area contributed by atoms with Gasteiger partial charge >= 0.3 is 12.1 Å². The van der Waals surface area contributed by atoms with Gasteiger partial charge in [-0.05, 0) is 12.3 Å². The molecular weight excluding hydrogens is 265 g/mol. The van der Waals surface area contributed by atoms with E-state index in [4.69, 9.17) is 9.84 Å². The highest BCUT2D eigenvalue weighted by Gasteiger charge is 2.38. The molecule has 1 fully saturated rings. The molecule has 104 valence electrons. The molecule has 2 rings (SSSR count). The van der Waals surface area contributed by atoms with Crippen LogP contribution < -0.4 is 0 Å². The molecule has 19 heavy (non-hydrogen) atoms. The fourth-order valence-corrected chi connectivity index (χ4v) is 1.89. The number of hydrogen-bond acceptors (Lipinski definition) is 4. The molecule has 8 heteroatoms.